The Morgan fingerprint density at radius 2 is 1.80 bits per heavy atom. The molecule has 3 nitrogen and oxygen atoms in total. The van der Waals surface area contributed by atoms with Crippen LogP contribution in [0.4, 0.5) is 0 Å². The summed E-state index contributed by atoms with van der Waals surface area (Å²) >= 11 is -3.06. The van der Waals surface area contributed by atoms with E-state index in [1.807, 2.05) is 0 Å². The zero-order chi connectivity index (χ0) is 4.28. The van der Waals surface area contributed by atoms with Gasteiger partial charge in [0.2, 0.25) is 0 Å². The van der Waals surface area contributed by atoms with E-state index in [0.29, 0.717) is 0 Å². The van der Waals surface area contributed by atoms with E-state index in [1.54, 1.807) is 0 Å². The average Bonchev–Trinajstić information content (AvgIpc) is 1.38. The molecule has 0 saturated heterocycles. The van der Waals surface area contributed by atoms with Crippen LogP contribution in [0.2, 0.25) is 0 Å². The van der Waals surface area contributed by atoms with Crippen LogP contribution in [-0.2, 0) is 1.02 Å². The summed E-state index contributed by atoms with van der Waals surface area (Å²) in [6.45, 7) is 0. The second kappa shape index (κ2) is 3.71. The molecule has 0 N–H and O–H groups in total. The van der Waals surface area contributed by atoms with Crippen LogP contribution >= 0.6 is 0 Å². The predicted molar refractivity (Wildman–Crippen MR) is 6.84 cm³/mol. The first-order chi connectivity index (χ1) is 2.27. The fourth-order valence-electron chi connectivity index (χ4n) is 0. The zero-order valence-electron chi connectivity index (χ0n) is 2.18. The van der Waals surface area contributed by atoms with Crippen LogP contribution in [0.5, 0.6) is 0 Å². The minimum absolute atomic E-state index is 0.153. The molecule has 0 saturated carbocycles. The Morgan fingerprint density at radius 1 is 1.60 bits per heavy atom. The van der Waals surface area contributed by atoms with Crippen molar-refractivity contribution in [2.75, 3.05) is 0 Å². The van der Waals surface area contributed by atoms with Crippen molar-refractivity contribution in [3.05, 3.63) is 0 Å². The van der Waals surface area contributed by atoms with Crippen LogP contribution in [0.1, 0.15) is 0 Å². The molecule has 0 aromatic rings. The van der Waals surface area contributed by atoms with Crippen LogP contribution in [0.25, 0.3) is 0 Å². The summed E-state index contributed by atoms with van der Waals surface area (Å²) in [6, 6.07) is 0. The van der Waals surface area contributed by atoms with Crippen LogP contribution in [0.3, 0.4) is 0 Å². The molecule has 28 valence electrons. The van der Waals surface area contributed by atoms with Crippen molar-refractivity contribution in [3.8, 4) is 0 Å². The first kappa shape index (κ1) is 6.53. The molecule has 0 aromatic carbocycles. The Hall–Kier alpha value is 1.53. The van der Waals surface area contributed by atoms with Crippen molar-refractivity contribution < 1.29 is 29.0 Å². The molecule has 0 aromatic heterocycles. The second-order valence-electron chi connectivity index (χ2n) is 0.278. The van der Waals surface area contributed by atoms with Crippen molar-refractivity contribution in [2.45, 2.75) is 0 Å². The normalized spacial score (nSPS) is 9.20. The van der Waals surface area contributed by atoms with Gasteiger partial charge in [0.05, 0.1) is 0 Å². The summed E-state index contributed by atoms with van der Waals surface area (Å²) in [5, 5.41) is 0. The Bertz CT molecular complexity index is 20.9. The van der Waals surface area contributed by atoms with Crippen molar-refractivity contribution >= 4 is 26.2 Å². The van der Waals surface area contributed by atoms with Crippen molar-refractivity contribution in [2.24, 2.45) is 0 Å². The number of rotatable bonds is 1. The summed E-state index contributed by atoms with van der Waals surface area (Å²) < 4.78 is 22.6. The van der Waals surface area contributed by atoms with E-state index < -0.39 is 21.1 Å². The van der Waals surface area contributed by atoms with Crippen LogP contribution in [-0.4, -0.2) is 26.2 Å². The van der Waals surface area contributed by atoms with Crippen LogP contribution in [0, 0.1) is 0 Å². The van der Waals surface area contributed by atoms with Gasteiger partial charge in [-0.15, -0.1) is 0 Å². The summed E-state index contributed by atoms with van der Waals surface area (Å²) in [5.74, 6) is 0. The third-order valence-corrected chi connectivity index (χ3v) is 4.28. The molecule has 0 aliphatic rings. The van der Waals surface area contributed by atoms with Gasteiger partial charge >= 0.3 is 55.2 Å². The van der Waals surface area contributed by atoms with Gasteiger partial charge in [0.1, 0.15) is 0 Å². The van der Waals surface area contributed by atoms with Crippen molar-refractivity contribution in [1.82, 2.24) is 0 Å². The Balaban J connectivity index is 2.54. The van der Waals surface area contributed by atoms with Gasteiger partial charge in [-0.25, -0.2) is 0 Å². The van der Waals surface area contributed by atoms with Gasteiger partial charge in [-0.2, -0.15) is 0 Å². The Morgan fingerprint density at radius 3 is 1.80 bits per heavy atom. The maximum absolute atomic E-state index is 9.32. The van der Waals surface area contributed by atoms with Crippen LogP contribution < -0.4 is 27.9 Å². The second-order valence-corrected chi connectivity index (χ2v) is 6.51. The SMILES string of the molecule is [O-][I+2]([O-])[O][Tl]. The van der Waals surface area contributed by atoms with Crippen molar-refractivity contribution in [3.63, 3.8) is 0 Å². The van der Waals surface area contributed by atoms with E-state index in [2.05, 4.69) is 1.02 Å². The molecule has 5 heteroatoms. The average molecular weight is 379 g/mol. The molecule has 0 rings (SSSR count). The van der Waals surface area contributed by atoms with Gasteiger partial charge in [0.15, 0.2) is 0 Å². The molecule has 5 heavy (non-hydrogen) atoms. The molecule has 0 radical (unpaired) electrons. The molecule has 0 amide bonds. The van der Waals surface area contributed by atoms with Gasteiger partial charge in [0, 0.05) is 0 Å². The summed E-state index contributed by atoms with van der Waals surface area (Å²) in [7, 11) is 0. The fourth-order valence-corrected chi connectivity index (χ4v) is 0. The zero-order valence-corrected chi connectivity index (χ0v) is 8.83. The van der Waals surface area contributed by atoms with E-state index in [-0.39, 0.29) is 26.2 Å². The van der Waals surface area contributed by atoms with Gasteiger partial charge in [-0.05, 0) is 0 Å². The van der Waals surface area contributed by atoms with Gasteiger partial charge in [-0.1, -0.05) is 0 Å². The van der Waals surface area contributed by atoms with Gasteiger partial charge < -0.3 is 0 Å². The third-order valence-electron chi connectivity index (χ3n) is 0.0727. The fraction of sp³-hybridized carbons (Fsp3) is 0. The third kappa shape index (κ3) is 5.53. The molecule has 0 aliphatic carbocycles. The van der Waals surface area contributed by atoms with Gasteiger partial charge in [-0.3, -0.25) is 0 Å². The predicted octanol–water partition coefficient (Wildman–Crippen LogP) is -5.82. The first-order valence-corrected chi connectivity index (χ1v) is 5.17. The topological polar surface area (TPSA) is 55.3 Å². The first-order valence-electron chi connectivity index (χ1n) is 0.699. The number of hydrogen-bond donors (Lipinski definition) is 0. The summed E-state index contributed by atoms with van der Waals surface area (Å²) in [6.07, 6.45) is 0. The molecule has 0 bridgehead atoms. The number of halogens is 1. The van der Waals surface area contributed by atoms with E-state index in [4.69, 9.17) is 0 Å². The minimum atomic E-state index is -3.21. The van der Waals surface area contributed by atoms with E-state index in [1.165, 1.54) is 0 Å². The monoisotopic (exact) mass is 380 g/mol. The molecule has 0 heterocycles. The Kier molecular flexibility index (Phi) is 4.85. The van der Waals surface area contributed by atoms with Crippen molar-refractivity contribution in [1.29, 1.82) is 0 Å². The summed E-state index contributed by atoms with van der Waals surface area (Å²) in [5.41, 5.74) is 0. The van der Waals surface area contributed by atoms with E-state index >= 15 is 0 Å². The molecule has 0 spiro atoms. The number of hydrogen-bond acceptors (Lipinski definition) is 3. The molecular formula is IO3Tl. The van der Waals surface area contributed by atoms with Crippen LogP contribution in [0.15, 0.2) is 0 Å². The van der Waals surface area contributed by atoms with Gasteiger partial charge in [0.25, 0.3) is 0 Å². The molecule has 0 fully saturated rings. The molecule has 0 aliphatic heterocycles. The molecule has 0 unspecified atom stereocenters. The van der Waals surface area contributed by atoms with E-state index in [0.717, 1.165) is 0 Å². The quantitative estimate of drug-likeness (QED) is 0.337. The standard InChI is InChI=1S/IO3.Tl/c2-1(3)4;/q-1;+1. The van der Waals surface area contributed by atoms with E-state index in [9.17, 15) is 6.87 Å². The summed E-state index contributed by atoms with van der Waals surface area (Å²) in [4.78, 5) is 0. The molecular weight excluding hydrogens is 379 g/mol. The Labute approximate surface area is 54.7 Å². The maximum atomic E-state index is 9.32. The molecule has 0 atom stereocenters.